The van der Waals surface area contributed by atoms with Crippen LogP contribution in [0, 0.1) is 0 Å². The van der Waals surface area contributed by atoms with Crippen LogP contribution in [0.25, 0.3) is 11.3 Å². The molecule has 110 valence electrons. The zero-order valence-electron chi connectivity index (χ0n) is 12.6. The summed E-state index contributed by atoms with van der Waals surface area (Å²) < 4.78 is 0. The van der Waals surface area contributed by atoms with Gasteiger partial charge in [-0.15, -0.1) is 0 Å². The summed E-state index contributed by atoms with van der Waals surface area (Å²) in [5, 5.41) is 3.34. The lowest BCUT2D eigenvalue weighted by molar-refractivity contribution is -0.109. The first-order valence-electron chi connectivity index (χ1n) is 7.34. The van der Waals surface area contributed by atoms with Crippen molar-refractivity contribution in [2.24, 2.45) is 0 Å². The van der Waals surface area contributed by atoms with Gasteiger partial charge in [-0.3, -0.25) is 9.59 Å². The molecule has 0 heterocycles. The predicted octanol–water partition coefficient (Wildman–Crippen LogP) is 3.32. The van der Waals surface area contributed by atoms with Gasteiger partial charge in [0.1, 0.15) is 0 Å². The predicted molar refractivity (Wildman–Crippen MR) is 87.3 cm³/mol. The van der Waals surface area contributed by atoms with Gasteiger partial charge in [0.25, 0.3) is 0 Å². The van der Waals surface area contributed by atoms with E-state index >= 15 is 0 Å². The summed E-state index contributed by atoms with van der Waals surface area (Å²) in [5.74, 6) is -0.863. The van der Waals surface area contributed by atoms with Crippen molar-refractivity contribution in [2.45, 2.75) is 19.9 Å². The zero-order chi connectivity index (χ0) is 15.7. The first-order chi connectivity index (χ1) is 10.6. The molecule has 0 saturated carbocycles. The van der Waals surface area contributed by atoms with Gasteiger partial charge in [-0.25, -0.2) is 0 Å². The largest absolute Gasteiger partial charge is 0.382 e. The van der Waals surface area contributed by atoms with Crippen LogP contribution in [0.1, 0.15) is 35.3 Å². The third-order valence-electron chi connectivity index (χ3n) is 3.62. The molecule has 0 radical (unpaired) electrons. The number of Topliss-reactive ketones (excluding diaryl/α,β-unsaturated/α-hetero) is 2. The number of hydrogen-bond acceptors (Lipinski definition) is 3. The van der Waals surface area contributed by atoms with E-state index < -0.39 is 11.6 Å². The third-order valence-corrected chi connectivity index (χ3v) is 3.62. The molecule has 0 amide bonds. The average molecular weight is 291 g/mol. The van der Waals surface area contributed by atoms with Crippen molar-refractivity contribution in [3.63, 3.8) is 0 Å². The van der Waals surface area contributed by atoms with Gasteiger partial charge < -0.3 is 5.32 Å². The molecule has 1 aliphatic rings. The van der Waals surface area contributed by atoms with Gasteiger partial charge in [-0.05, 0) is 25.0 Å². The molecule has 3 rings (SSSR count). The molecule has 0 fully saturated rings. The Morgan fingerprint density at radius 2 is 1.41 bits per heavy atom. The van der Waals surface area contributed by atoms with E-state index in [1.165, 1.54) is 0 Å². The van der Waals surface area contributed by atoms with Crippen molar-refractivity contribution in [2.75, 3.05) is 0 Å². The minimum absolute atomic E-state index is 0.151. The Morgan fingerprint density at radius 3 is 2.05 bits per heavy atom. The standard InChI is InChI=1S/C19H17NO2/c1-12(2)20-17(13-8-4-3-5-9-13)16-14-10-6-7-11-15(14)18(21)19(16)22/h3-12,20H,1-2H3/b17-16-. The van der Waals surface area contributed by atoms with Crippen molar-refractivity contribution in [1.29, 1.82) is 0 Å². The topological polar surface area (TPSA) is 46.2 Å². The fourth-order valence-corrected chi connectivity index (χ4v) is 2.70. The van der Waals surface area contributed by atoms with Crippen LogP contribution in [-0.2, 0) is 4.79 Å². The van der Waals surface area contributed by atoms with E-state index in [4.69, 9.17) is 0 Å². The van der Waals surface area contributed by atoms with Crippen LogP contribution in [0.3, 0.4) is 0 Å². The lowest BCUT2D eigenvalue weighted by atomic mass is 10.00. The molecule has 0 atom stereocenters. The van der Waals surface area contributed by atoms with E-state index in [9.17, 15) is 9.59 Å². The Hall–Kier alpha value is -2.68. The smallest absolute Gasteiger partial charge is 0.236 e. The molecule has 0 aromatic heterocycles. The quantitative estimate of drug-likeness (QED) is 0.697. The molecule has 1 aliphatic carbocycles. The maximum atomic E-state index is 12.5. The highest BCUT2D eigenvalue weighted by Gasteiger charge is 2.35. The Balaban J connectivity index is 2.27. The van der Waals surface area contributed by atoms with Crippen LogP contribution in [0.4, 0.5) is 0 Å². The number of benzene rings is 2. The van der Waals surface area contributed by atoms with Gasteiger partial charge >= 0.3 is 0 Å². The fraction of sp³-hybridized carbons (Fsp3) is 0.158. The normalized spacial score (nSPS) is 16.0. The fourth-order valence-electron chi connectivity index (χ4n) is 2.70. The van der Waals surface area contributed by atoms with E-state index in [-0.39, 0.29) is 6.04 Å². The monoisotopic (exact) mass is 291 g/mol. The van der Waals surface area contributed by atoms with Gasteiger partial charge in [0.15, 0.2) is 0 Å². The molecular weight excluding hydrogens is 274 g/mol. The second kappa shape index (κ2) is 5.60. The van der Waals surface area contributed by atoms with Crippen LogP contribution in [0.2, 0.25) is 0 Å². The summed E-state index contributed by atoms with van der Waals surface area (Å²) in [6.45, 7) is 4.02. The first-order valence-corrected chi connectivity index (χ1v) is 7.34. The van der Waals surface area contributed by atoms with Crippen molar-refractivity contribution in [1.82, 2.24) is 5.32 Å². The van der Waals surface area contributed by atoms with Gasteiger partial charge in [0.05, 0.1) is 11.3 Å². The average Bonchev–Trinajstić information content (AvgIpc) is 2.78. The number of nitrogens with one attached hydrogen (secondary N) is 1. The number of ketones is 2. The van der Waals surface area contributed by atoms with Gasteiger partial charge in [0, 0.05) is 11.6 Å². The molecule has 2 aromatic carbocycles. The van der Waals surface area contributed by atoms with E-state index in [1.54, 1.807) is 12.1 Å². The second-order valence-electron chi connectivity index (χ2n) is 5.62. The first kappa shape index (κ1) is 14.3. The number of carbonyl (C=O) groups is 2. The summed E-state index contributed by atoms with van der Waals surface area (Å²) in [4.78, 5) is 24.7. The van der Waals surface area contributed by atoms with Gasteiger partial charge in [0.2, 0.25) is 11.6 Å². The number of allylic oxidation sites excluding steroid dienone is 1. The lowest BCUT2D eigenvalue weighted by Gasteiger charge is -2.17. The van der Waals surface area contributed by atoms with E-state index in [1.807, 2.05) is 56.3 Å². The van der Waals surface area contributed by atoms with Crippen molar-refractivity contribution >= 4 is 22.8 Å². The Labute approximate surface area is 129 Å². The minimum Gasteiger partial charge on any atom is -0.382 e. The van der Waals surface area contributed by atoms with Crippen LogP contribution in [-0.4, -0.2) is 17.6 Å². The molecule has 2 aromatic rings. The van der Waals surface area contributed by atoms with Crippen LogP contribution < -0.4 is 5.32 Å². The van der Waals surface area contributed by atoms with E-state index in [0.717, 1.165) is 11.3 Å². The maximum absolute atomic E-state index is 12.5. The highest BCUT2D eigenvalue weighted by atomic mass is 16.2. The van der Waals surface area contributed by atoms with E-state index in [0.29, 0.717) is 16.7 Å². The molecule has 0 spiro atoms. The number of hydrogen-bond donors (Lipinski definition) is 1. The molecule has 0 unspecified atom stereocenters. The molecule has 0 bridgehead atoms. The molecule has 1 N–H and O–H groups in total. The Morgan fingerprint density at radius 1 is 0.818 bits per heavy atom. The number of carbonyl (C=O) groups excluding carboxylic acids is 2. The van der Waals surface area contributed by atoms with Crippen molar-refractivity contribution in [3.8, 4) is 0 Å². The van der Waals surface area contributed by atoms with E-state index in [2.05, 4.69) is 5.32 Å². The minimum atomic E-state index is -0.437. The second-order valence-corrected chi connectivity index (χ2v) is 5.62. The molecule has 3 nitrogen and oxygen atoms in total. The number of fused-ring (bicyclic) bond motifs is 1. The molecule has 22 heavy (non-hydrogen) atoms. The van der Waals surface area contributed by atoms with Crippen LogP contribution >= 0.6 is 0 Å². The summed E-state index contributed by atoms with van der Waals surface area (Å²) in [6, 6.07) is 17.0. The van der Waals surface area contributed by atoms with Crippen molar-refractivity contribution < 1.29 is 9.59 Å². The number of rotatable bonds is 3. The van der Waals surface area contributed by atoms with Gasteiger partial charge in [-0.1, -0.05) is 54.6 Å². The highest BCUT2D eigenvalue weighted by molar-refractivity contribution is 6.64. The molecule has 3 heteroatoms. The summed E-state index contributed by atoms with van der Waals surface area (Å²) >= 11 is 0. The van der Waals surface area contributed by atoms with Crippen molar-refractivity contribution in [3.05, 3.63) is 71.3 Å². The van der Waals surface area contributed by atoms with Gasteiger partial charge in [-0.2, -0.15) is 0 Å². The molecule has 0 aliphatic heterocycles. The summed E-state index contributed by atoms with van der Waals surface area (Å²) in [7, 11) is 0. The Kier molecular flexibility index (Phi) is 3.63. The summed E-state index contributed by atoms with van der Waals surface area (Å²) in [5.41, 5.74) is 3.30. The van der Waals surface area contributed by atoms with Crippen LogP contribution in [0.15, 0.2) is 54.6 Å². The SMILES string of the molecule is CC(C)N/C(=C1\C(=O)C(=O)c2ccccc21)c1ccccc1. The maximum Gasteiger partial charge on any atom is 0.236 e. The third kappa shape index (κ3) is 2.35. The lowest BCUT2D eigenvalue weighted by Crippen LogP contribution is -2.23. The summed E-state index contributed by atoms with van der Waals surface area (Å²) in [6.07, 6.45) is 0. The molecular formula is C19H17NO2. The molecule has 0 saturated heterocycles. The highest BCUT2D eigenvalue weighted by Crippen LogP contribution is 2.34. The van der Waals surface area contributed by atoms with Crippen LogP contribution in [0.5, 0.6) is 0 Å². The zero-order valence-corrected chi connectivity index (χ0v) is 12.6. The Bertz CT molecular complexity index is 773.